The summed E-state index contributed by atoms with van der Waals surface area (Å²) in [5, 5.41) is 0.844. The second-order valence-corrected chi connectivity index (χ2v) is 6.69. The summed E-state index contributed by atoms with van der Waals surface area (Å²) in [7, 11) is 0. The van der Waals surface area contributed by atoms with Crippen molar-refractivity contribution in [1.82, 2.24) is 0 Å². The van der Waals surface area contributed by atoms with Crippen LogP contribution in [0.4, 0.5) is 0 Å². The Labute approximate surface area is 171 Å². The van der Waals surface area contributed by atoms with Crippen LogP contribution < -0.4 is 10.2 Å². The van der Waals surface area contributed by atoms with Gasteiger partial charge >= 0.3 is 5.97 Å². The highest BCUT2D eigenvalue weighted by atomic mass is 35.5. The minimum absolute atomic E-state index is 0.207. The quantitative estimate of drug-likeness (QED) is 0.248. The summed E-state index contributed by atoms with van der Waals surface area (Å²) < 4.78 is 10.9. The fraction of sp³-hybridized carbons (Fsp3) is 0. The molecule has 4 nitrogen and oxygen atoms in total. The average molecular weight is 403 g/mol. The number of hydrogen-bond donors (Lipinski definition) is 0. The molecular formula is C24H15ClO4. The minimum atomic E-state index is -0.525. The lowest BCUT2D eigenvalue weighted by Gasteiger charge is -2.06. The van der Waals surface area contributed by atoms with Gasteiger partial charge in [0.15, 0.2) is 0 Å². The Hall–Kier alpha value is -3.63. The van der Waals surface area contributed by atoms with E-state index in [1.54, 1.807) is 42.5 Å². The predicted molar refractivity (Wildman–Crippen MR) is 114 cm³/mol. The Bertz CT molecular complexity index is 1270. The van der Waals surface area contributed by atoms with Crippen LogP contribution in [0.25, 0.3) is 28.2 Å². The van der Waals surface area contributed by atoms with Gasteiger partial charge in [-0.05, 0) is 29.8 Å². The van der Waals surface area contributed by atoms with E-state index in [1.165, 1.54) is 18.4 Å². The van der Waals surface area contributed by atoms with Crippen molar-refractivity contribution in [2.45, 2.75) is 0 Å². The number of halogens is 1. The summed E-state index contributed by atoms with van der Waals surface area (Å²) in [5.74, 6) is -0.239. The Balaban J connectivity index is 1.60. The number of rotatable bonds is 4. The molecule has 0 aliphatic carbocycles. The predicted octanol–water partition coefficient (Wildman–Crippen LogP) is 5.73. The highest BCUT2D eigenvalue weighted by Crippen LogP contribution is 2.27. The lowest BCUT2D eigenvalue weighted by atomic mass is 10.1. The Kier molecular flexibility index (Phi) is 5.27. The van der Waals surface area contributed by atoms with E-state index in [-0.39, 0.29) is 11.2 Å². The van der Waals surface area contributed by atoms with Crippen molar-refractivity contribution in [3.8, 4) is 16.9 Å². The fourth-order valence-electron chi connectivity index (χ4n) is 2.92. The first kappa shape index (κ1) is 18.7. The van der Waals surface area contributed by atoms with E-state index in [0.29, 0.717) is 27.1 Å². The molecule has 0 spiro atoms. The van der Waals surface area contributed by atoms with Gasteiger partial charge in [-0.25, -0.2) is 4.79 Å². The van der Waals surface area contributed by atoms with Crippen LogP contribution in [-0.4, -0.2) is 5.97 Å². The third-order valence-electron chi connectivity index (χ3n) is 4.34. The standard InChI is InChI=1S/C24H15ClO4/c25-21-9-5-4-8-18(21)20-15-28-22-14-17(11-12-19(22)24(20)27)29-23(26)13-10-16-6-2-1-3-7-16/h1-15H. The van der Waals surface area contributed by atoms with E-state index in [9.17, 15) is 9.59 Å². The van der Waals surface area contributed by atoms with Crippen LogP contribution in [-0.2, 0) is 4.79 Å². The third kappa shape index (κ3) is 4.13. The van der Waals surface area contributed by atoms with Gasteiger partial charge in [0.25, 0.3) is 0 Å². The maximum atomic E-state index is 12.8. The molecule has 0 atom stereocenters. The minimum Gasteiger partial charge on any atom is -0.463 e. The molecule has 1 aromatic heterocycles. The molecule has 5 heteroatoms. The molecule has 0 amide bonds. The first-order valence-electron chi connectivity index (χ1n) is 8.87. The van der Waals surface area contributed by atoms with Gasteiger partial charge in [-0.1, -0.05) is 60.1 Å². The second-order valence-electron chi connectivity index (χ2n) is 6.28. The van der Waals surface area contributed by atoms with Crippen LogP contribution in [0.15, 0.2) is 94.3 Å². The molecule has 0 unspecified atom stereocenters. The van der Waals surface area contributed by atoms with Crippen molar-refractivity contribution >= 4 is 34.6 Å². The number of benzene rings is 3. The Morgan fingerprint density at radius 2 is 1.69 bits per heavy atom. The molecule has 4 rings (SSSR count). The number of carbonyl (C=O) groups excluding carboxylic acids is 1. The molecule has 1 heterocycles. The summed E-state index contributed by atoms with van der Waals surface area (Å²) in [5.41, 5.74) is 1.98. The van der Waals surface area contributed by atoms with Crippen molar-refractivity contribution in [3.63, 3.8) is 0 Å². The molecule has 0 aliphatic heterocycles. The van der Waals surface area contributed by atoms with E-state index >= 15 is 0 Å². The molecule has 0 saturated heterocycles. The molecule has 0 radical (unpaired) electrons. The van der Waals surface area contributed by atoms with Gasteiger partial charge in [-0.3, -0.25) is 4.79 Å². The molecule has 0 aliphatic rings. The zero-order valence-electron chi connectivity index (χ0n) is 15.2. The highest BCUT2D eigenvalue weighted by molar-refractivity contribution is 6.33. The summed E-state index contributed by atoms with van der Waals surface area (Å²) in [6.07, 6.45) is 4.38. The van der Waals surface area contributed by atoms with Crippen molar-refractivity contribution in [2.24, 2.45) is 0 Å². The van der Waals surface area contributed by atoms with Crippen molar-refractivity contribution in [1.29, 1.82) is 0 Å². The average Bonchev–Trinajstić information content (AvgIpc) is 2.74. The van der Waals surface area contributed by atoms with Gasteiger partial charge in [0.1, 0.15) is 17.6 Å². The van der Waals surface area contributed by atoms with Crippen LogP contribution in [0.5, 0.6) is 5.75 Å². The van der Waals surface area contributed by atoms with Gasteiger partial charge < -0.3 is 9.15 Å². The number of fused-ring (bicyclic) bond motifs is 1. The Morgan fingerprint density at radius 3 is 2.48 bits per heavy atom. The lowest BCUT2D eigenvalue weighted by molar-refractivity contribution is -0.128. The van der Waals surface area contributed by atoms with E-state index in [0.717, 1.165) is 5.56 Å². The highest BCUT2D eigenvalue weighted by Gasteiger charge is 2.13. The number of ether oxygens (including phenoxy) is 1. The molecule has 0 fully saturated rings. The van der Waals surface area contributed by atoms with Gasteiger partial charge in [-0.15, -0.1) is 0 Å². The van der Waals surface area contributed by atoms with E-state index < -0.39 is 5.97 Å². The fourth-order valence-corrected chi connectivity index (χ4v) is 3.15. The van der Waals surface area contributed by atoms with Crippen molar-refractivity contribution < 1.29 is 13.9 Å². The third-order valence-corrected chi connectivity index (χ3v) is 4.67. The molecule has 4 aromatic rings. The molecule has 142 valence electrons. The molecular weight excluding hydrogens is 388 g/mol. The first-order valence-corrected chi connectivity index (χ1v) is 9.25. The molecule has 0 saturated carbocycles. The van der Waals surface area contributed by atoms with Gasteiger partial charge in [0.2, 0.25) is 5.43 Å². The van der Waals surface area contributed by atoms with Crippen LogP contribution >= 0.6 is 11.6 Å². The summed E-state index contributed by atoms with van der Waals surface area (Å²) in [6, 6.07) is 21.1. The molecule has 0 N–H and O–H groups in total. The summed E-state index contributed by atoms with van der Waals surface area (Å²) in [4.78, 5) is 24.9. The van der Waals surface area contributed by atoms with Crippen molar-refractivity contribution in [2.75, 3.05) is 0 Å². The first-order chi connectivity index (χ1) is 14.1. The van der Waals surface area contributed by atoms with Gasteiger partial charge in [0, 0.05) is 22.7 Å². The topological polar surface area (TPSA) is 56.5 Å². The molecule has 29 heavy (non-hydrogen) atoms. The SMILES string of the molecule is O=C(C=Cc1ccccc1)Oc1ccc2c(=O)c(-c3ccccc3Cl)coc2c1. The monoisotopic (exact) mass is 402 g/mol. The molecule has 3 aromatic carbocycles. The zero-order valence-corrected chi connectivity index (χ0v) is 15.9. The van der Waals surface area contributed by atoms with E-state index in [1.807, 2.05) is 30.3 Å². The van der Waals surface area contributed by atoms with Crippen LogP contribution in [0.1, 0.15) is 5.56 Å². The summed E-state index contributed by atoms with van der Waals surface area (Å²) >= 11 is 6.19. The second kappa shape index (κ2) is 8.17. The number of carbonyl (C=O) groups is 1. The maximum absolute atomic E-state index is 12.8. The molecule has 0 bridgehead atoms. The van der Waals surface area contributed by atoms with E-state index in [2.05, 4.69) is 0 Å². The van der Waals surface area contributed by atoms with Gasteiger partial charge in [0.05, 0.1) is 10.9 Å². The van der Waals surface area contributed by atoms with Crippen LogP contribution in [0.2, 0.25) is 5.02 Å². The van der Waals surface area contributed by atoms with Crippen molar-refractivity contribution in [3.05, 3.63) is 106 Å². The number of esters is 1. The lowest BCUT2D eigenvalue weighted by Crippen LogP contribution is -2.06. The zero-order chi connectivity index (χ0) is 20.2. The van der Waals surface area contributed by atoms with Crippen LogP contribution in [0.3, 0.4) is 0 Å². The van der Waals surface area contributed by atoms with Crippen LogP contribution in [0, 0.1) is 0 Å². The Morgan fingerprint density at radius 1 is 0.931 bits per heavy atom. The van der Waals surface area contributed by atoms with Gasteiger partial charge in [-0.2, -0.15) is 0 Å². The largest absolute Gasteiger partial charge is 0.463 e. The maximum Gasteiger partial charge on any atom is 0.336 e. The smallest absolute Gasteiger partial charge is 0.336 e. The summed E-state index contributed by atoms with van der Waals surface area (Å²) in [6.45, 7) is 0. The normalized spacial score (nSPS) is 11.1. The number of hydrogen-bond acceptors (Lipinski definition) is 4. The van der Waals surface area contributed by atoms with E-state index in [4.69, 9.17) is 20.8 Å².